The molecule has 1 aromatic heterocycles. The number of aromatic nitrogens is 1. The Morgan fingerprint density at radius 3 is 2.38 bits per heavy atom. The molecule has 0 amide bonds. The van der Waals surface area contributed by atoms with Crippen LogP contribution in [0.1, 0.15) is 21.5 Å². The first kappa shape index (κ1) is 19.6. The summed E-state index contributed by atoms with van der Waals surface area (Å²) >= 11 is 0. The Balaban J connectivity index is 1.31. The number of nitrogens with zero attached hydrogens (tertiary/aromatic N) is 1. The van der Waals surface area contributed by atoms with Gasteiger partial charge >= 0.3 is 0 Å². The molecule has 156 valence electrons. The number of phenols is 1. The predicted molar refractivity (Wildman–Crippen MR) is 122 cm³/mol. The van der Waals surface area contributed by atoms with Crippen molar-refractivity contribution >= 4 is 16.9 Å². The number of carbonyl (C=O) groups is 1. The number of benzene rings is 4. The molecule has 1 N–H and O–H groups in total. The fourth-order valence-electron chi connectivity index (χ4n) is 3.47. The number of fused-ring (bicyclic) bond motifs is 1. The fraction of sp³-hybridized carbons (Fsp3) is 0.0370. The van der Waals surface area contributed by atoms with Gasteiger partial charge in [0.1, 0.15) is 12.1 Å². The SMILES string of the molecule is O=C(c1ccccc1)c1cccc(OCc2ccc(-c3nc4ccccc4o3)cc2)c1O. The van der Waals surface area contributed by atoms with Crippen LogP contribution in [0.15, 0.2) is 101 Å². The first-order chi connectivity index (χ1) is 15.7. The minimum absolute atomic E-state index is 0.163. The van der Waals surface area contributed by atoms with E-state index in [1.54, 1.807) is 42.5 Å². The first-order valence-electron chi connectivity index (χ1n) is 10.2. The van der Waals surface area contributed by atoms with E-state index in [9.17, 15) is 9.90 Å². The molecule has 5 heteroatoms. The largest absolute Gasteiger partial charge is 0.504 e. The summed E-state index contributed by atoms with van der Waals surface area (Å²) in [4.78, 5) is 17.2. The van der Waals surface area contributed by atoms with E-state index in [1.165, 1.54) is 0 Å². The zero-order chi connectivity index (χ0) is 21.9. The fourth-order valence-corrected chi connectivity index (χ4v) is 3.47. The molecule has 1 heterocycles. The Labute approximate surface area is 184 Å². The zero-order valence-corrected chi connectivity index (χ0v) is 17.1. The van der Waals surface area contributed by atoms with Crippen molar-refractivity contribution in [3.63, 3.8) is 0 Å². The zero-order valence-electron chi connectivity index (χ0n) is 17.1. The number of ketones is 1. The third-order valence-corrected chi connectivity index (χ3v) is 5.17. The van der Waals surface area contributed by atoms with Crippen molar-refractivity contribution in [2.75, 3.05) is 0 Å². The van der Waals surface area contributed by atoms with Crippen LogP contribution in [0.4, 0.5) is 0 Å². The third kappa shape index (κ3) is 3.84. The summed E-state index contributed by atoms with van der Waals surface area (Å²) in [5, 5.41) is 10.6. The van der Waals surface area contributed by atoms with Crippen LogP contribution in [-0.2, 0) is 6.61 Å². The number of hydrogen-bond acceptors (Lipinski definition) is 5. The highest BCUT2D eigenvalue weighted by Crippen LogP contribution is 2.32. The van der Waals surface area contributed by atoms with E-state index < -0.39 is 0 Å². The number of rotatable bonds is 6. The second kappa shape index (κ2) is 8.40. The standard InChI is InChI=1S/C27H19NO4/c29-25(19-7-2-1-3-8-19)21-9-6-12-24(26(21)30)31-17-18-13-15-20(16-14-18)27-28-22-10-4-5-11-23(22)32-27/h1-16,30H,17H2. The normalized spacial score (nSPS) is 10.9. The molecule has 0 atom stereocenters. The Morgan fingerprint density at radius 2 is 1.59 bits per heavy atom. The van der Waals surface area contributed by atoms with E-state index in [-0.39, 0.29) is 29.5 Å². The average Bonchev–Trinajstić information content (AvgIpc) is 3.28. The molecule has 0 fully saturated rings. The van der Waals surface area contributed by atoms with Crippen molar-refractivity contribution < 1.29 is 19.1 Å². The van der Waals surface area contributed by atoms with E-state index in [1.807, 2.05) is 54.6 Å². The number of oxazole rings is 1. The van der Waals surface area contributed by atoms with Gasteiger partial charge in [0.05, 0.1) is 5.56 Å². The Hall–Kier alpha value is -4.38. The van der Waals surface area contributed by atoms with Gasteiger partial charge < -0.3 is 14.3 Å². The van der Waals surface area contributed by atoms with Crippen LogP contribution < -0.4 is 4.74 Å². The predicted octanol–water partition coefficient (Wildman–Crippen LogP) is 6.01. The van der Waals surface area contributed by atoms with E-state index >= 15 is 0 Å². The summed E-state index contributed by atoms with van der Waals surface area (Å²) in [5.74, 6) is 0.402. The summed E-state index contributed by atoms with van der Waals surface area (Å²) in [6, 6.07) is 29.1. The Kier molecular flexibility index (Phi) is 5.14. The van der Waals surface area contributed by atoms with Gasteiger partial charge in [-0.25, -0.2) is 4.98 Å². The van der Waals surface area contributed by atoms with Crippen molar-refractivity contribution in [1.82, 2.24) is 4.98 Å². The smallest absolute Gasteiger partial charge is 0.227 e. The van der Waals surface area contributed by atoms with E-state index in [2.05, 4.69) is 4.98 Å². The lowest BCUT2D eigenvalue weighted by Crippen LogP contribution is -2.03. The molecular formula is C27H19NO4. The Bertz CT molecular complexity index is 1360. The van der Waals surface area contributed by atoms with E-state index in [0.29, 0.717) is 11.5 Å². The van der Waals surface area contributed by atoms with Gasteiger partial charge in [0.25, 0.3) is 0 Å². The summed E-state index contributed by atoms with van der Waals surface area (Å²) in [7, 11) is 0. The molecule has 5 nitrogen and oxygen atoms in total. The molecule has 0 spiro atoms. The number of hydrogen-bond donors (Lipinski definition) is 1. The molecule has 0 bridgehead atoms. The highest BCUT2D eigenvalue weighted by molar-refractivity contribution is 6.11. The summed E-state index contributed by atoms with van der Waals surface area (Å²) in [6.45, 7) is 0.240. The Morgan fingerprint density at radius 1 is 0.844 bits per heavy atom. The van der Waals surface area contributed by atoms with E-state index in [0.717, 1.165) is 22.2 Å². The summed E-state index contributed by atoms with van der Waals surface area (Å²) < 4.78 is 11.6. The average molecular weight is 421 g/mol. The lowest BCUT2D eigenvalue weighted by atomic mass is 10.0. The maximum Gasteiger partial charge on any atom is 0.227 e. The van der Waals surface area contributed by atoms with Gasteiger partial charge in [-0.05, 0) is 42.0 Å². The van der Waals surface area contributed by atoms with Gasteiger partial charge in [-0.1, -0.05) is 60.7 Å². The maximum atomic E-state index is 12.7. The van der Waals surface area contributed by atoms with Crippen molar-refractivity contribution in [1.29, 1.82) is 0 Å². The van der Waals surface area contributed by atoms with Crippen LogP contribution in [0.3, 0.4) is 0 Å². The van der Waals surface area contributed by atoms with Crippen molar-refractivity contribution in [3.05, 3.63) is 114 Å². The minimum atomic E-state index is -0.253. The van der Waals surface area contributed by atoms with Crippen LogP contribution in [0.2, 0.25) is 0 Å². The topological polar surface area (TPSA) is 72.6 Å². The van der Waals surface area contributed by atoms with Crippen LogP contribution >= 0.6 is 0 Å². The molecule has 0 saturated carbocycles. The molecule has 0 aliphatic rings. The quantitative estimate of drug-likeness (QED) is 0.340. The third-order valence-electron chi connectivity index (χ3n) is 5.17. The van der Waals surface area contributed by atoms with Crippen LogP contribution in [-0.4, -0.2) is 15.9 Å². The van der Waals surface area contributed by atoms with Gasteiger partial charge in [-0.2, -0.15) is 0 Å². The van der Waals surface area contributed by atoms with Crippen molar-refractivity contribution in [2.45, 2.75) is 6.61 Å². The lowest BCUT2D eigenvalue weighted by molar-refractivity contribution is 0.103. The molecule has 0 aliphatic carbocycles. The molecule has 5 aromatic rings. The summed E-state index contributed by atoms with van der Waals surface area (Å²) in [5.41, 5.74) is 4.05. The molecule has 0 saturated heterocycles. The number of aromatic hydroxyl groups is 1. The van der Waals surface area contributed by atoms with E-state index in [4.69, 9.17) is 9.15 Å². The molecule has 5 rings (SSSR count). The molecule has 0 unspecified atom stereocenters. The molecule has 32 heavy (non-hydrogen) atoms. The number of para-hydroxylation sites is 3. The molecular weight excluding hydrogens is 402 g/mol. The lowest BCUT2D eigenvalue weighted by Gasteiger charge is -2.11. The van der Waals surface area contributed by atoms with Gasteiger partial charge in [-0.15, -0.1) is 0 Å². The molecule has 0 radical (unpaired) electrons. The van der Waals surface area contributed by atoms with Crippen molar-refractivity contribution in [2.24, 2.45) is 0 Å². The number of phenolic OH excluding ortho intramolecular Hbond substituents is 1. The second-order valence-corrected chi connectivity index (χ2v) is 7.32. The van der Waals surface area contributed by atoms with Crippen molar-refractivity contribution in [3.8, 4) is 23.0 Å². The molecule has 4 aromatic carbocycles. The van der Waals surface area contributed by atoms with Crippen LogP contribution in [0.25, 0.3) is 22.6 Å². The van der Waals surface area contributed by atoms with Gasteiger partial charge in [0.2, 0.25) is 5.89 Å². The first-order valence-corrected chi connectivity index (χ1v) is 10.2. The van der Waals surface area contributed by atoms with Gasteiger partial charge in [0.15, 0.2) is 22.9 Å². The number of carbonyl (C=O) groups excluding carboxylic acids is 1. The van der Waals surface area contributed by atoms with Crippen LogP contribution in [0.5, 0.6) is 11.5 Å². The number of ether oxygens (including phenoxy) is 1. The second-order valence-electron chi connectivity index (χ2n) is 7.32. The minimum Gasteiger partial charge on any atom is -0.504 e. The maximum absolute atomic E-state index is 12.7. The highest BCUT2D eigenvalue weighted by atomic mass is 16.5. The van der Waals surface area contributed by atoms with Gasteiger partial charge in [-0.3, -0.25) is 4.79 Å². The van der Waals surface area contributed by atoms with Crippen LogP contribution in [0, 0.1) is 0 Å². The summed E-state index contributed by atoms with van der Waals surface area (Å²) in [6.07, 6.45) is 0. The van der Waals surface area contributed by atoms with Gasteiger partial charge in [0, 0.05) is 11.1 Å². The monoisotopic (exact) mass is 421 g/mol. The highest BCUT2D eigenvalue weighted by Gasteiger charge is 2.17. The molecule has 0 aliphatic heterocycles.